The number of methoxy groups -OCH3 is 2. The Morgan fingerprint density at radius 3 is 2.34 bits per heavy atom. The van der Waals surface area contributed by atoms with Crippen LogP contribution in [0, 0.1) is 0 Å². The van der Waals surface area contributed by atoms with Crippen molar-refractivity contribution in [2.45, 2.75) is 26.8 Å². The third-order valence-electron chi connectivity index (χ3n) is 4.16. The Kier molecular flexibility index (Phi) is 9.27. The number of amides is 1. The quantitative estimate of drug-likeness (QED) is 0.377. The maximum Gasteiger partial charge on any atom is 0.258 e. The lowest BCUT2D eigenvalue weighted by atomic mass is 10.2. The van der Waals surface area contributed by atoms with Gasteiger partial charge in [-0.05, 0) is 39.0 Å². The van der Waals surface area contributed by atoms with Crippen molar-refractivity contribution >= 4 is 34.7 Å². The van der Waals surface area contributed by atoms with E-state index in [4.69, 9.17) is 30.5 Å². The van der Waals surface area contributed by atoms with Crippen molar-refractivity contribution in [1.82, 2.24) is 0 Å². The molecule has 1 unspecified atom stereocenters. The molecule has 32 heavy (non-hydrogen) atoms. The van der Waals surface area contributed by atoms with E-state index in [1.165, 1.54) is 33.3 Å². The highest BCUT2D eigenvalue weighted by Crippen LogP contribution is 2.38. The van der Waals surface area contributed by atoms with Gasteiger partial charge in [0, 0.05) is 17.8 Å². The van der Waals surface area contributed by atoms with Gasteiger partial charge in [0.25, 0.3) is 5.91 Å². The summed E-state index contributed by atoms with van der Waals surface area (Å²) in [6.45, 7) is 5.85. The summed E-state index contributed by atoms with van der Waals surface area (Å²) in [6.07, 6.45) is 0. The van der Waals surface area contributed by atoms with E-state index in [0.29, 0.717) is 47.6 Å². The van der Waals surface area contributed by atoms with Crippen molar-refractivity contribution in [3.63, 3.8) is 0 Å². The largest absolute Gasteiger partial charge is 0.494 e. The van der Waals surface area contributed by atoms with Crippen LogP contribution in [0.25, 0.3) is 0 Å². The van der Waals surface area contributed by atoms with Crippen molar-refractivity contribution in [2.75, 3.05) is 32.8 Å². The summed E-state index contributed by atoms with van der Waals surface area (Å²) in [4.78, 5) is 24.8. The number of Topliss-reactive ketones (excluding diaryl/α,β-unsaturated/α-hetero) is 1. The first-order chi connectivity index (χ1) is 15.3. The van der Waals surface area contributed by atoms with Gasteiger partial charge in [-0.1, -0.05) is 11.6 Å². The first kappa shape index (κ1) is 24.9. The number of ketones is 1. The van der Waals surface area contributed by atoms with Crippen LogP contribution >= 0.6 is 11.6 Å². The number of azo groups is 1. The summed E-state index contributed by atoms with van der Waals surface area (Å²) >= 11 is 6.17. The molecule has 9 nitrogen and oxygen atoms in total. The predicted octanol–water partition coefficient (Wildman–Crippen LogP) is 4.83. The first-order valence-corrected chi connectivity index (χ1v) is 10.3. The molecule has 0 saturated carbocycles. The van der Waals surface area contributed by atoms with Crippen molar-refractivity contribution in [2.24, 2.45) is 10.2 Å². The lowest BCUT2D eigenvalue weighted by Crippen LogP contribution is -2.31. The summed E-state index contributed by atoms with van der Waals surface area (Å²) < 4.78 is 21.4. The molecule has 1 atom stereocenters. The van der Waals surface area contributed by atoms with Crippen LogP contribution in [0.15, 0.2) is 40.6 Å². The molecule has 0 spiro atoms. The van der Waals surface area contributed by atoms with E-state index in [2.05, 4.69) is 15.5 Å². The number of nitrogens with zero attached hydrogens (tertiary/aromatic N) is 2. The number of rotatable bonds is 11. The van der Waals surface area contributed by atoms with Gasteiger partial charge in [0.15, 0.2) is 17.3 Å². The van der Waals surface area contributed by atoms with E-state index >= 15 is 0 Å². The van der Waals surface area contributed by atoms with Crippen LogP contribution in [0.4, 0.5) is 11.4 Å². The number of hydrogen-bond donors (Lipinski definition) is 1. The molecule has 2 aromatic rings. The third kappa shape index (κ3) is 6.34. The Hall–Kier alpha value is -3.33. The normalized spacial score (nSPS) is 11.7. The molecule has 0 radical (unpaired) electrons. The molecular weight excluding hydrogens is 438 g/mol. The van der Waals surface area contributed by atoms with Crippen LogP contribution in [0.5, 0.6) is 23.0 Å². The van der Waals surface area contributed by atoms with Crippen LogP contribution in [0.2, 0.25) is 5.02 Å². The van der Waals surface area contributed by atoms with E-state index < -0.39 is 17.7 Å². The Bertz CT molecular complexity index is 996. The second-order valence-corrected chi connectivity index (χ2v) is 6.81. The Morgan fingerprint density at radius 1 is 1.03 bits per heavy atom. The zero-order chi connectivity index (χ0) is 23.7. The molecular formula is C22H26ClN3O6. The molecule has 2 aromatic carbocycles. The topological polar surface area (TPSA) is 108 Å². The molecule has 2 rings (SSSR count). The van der Waals surface area contributed by atoms with Crippen LogP contribution in [0.3, 0.4) is 0 Å². The highest BCUT2D eigenvalue weighted by molar-refractivity contribution is 6.32. The van der Waals surface area contributed by atoms with E-state index in [0.717, 1.165) is 0 Å². The zero-order valence-corrected chi connectivity index (χ0v) is 19.4. The molecule has 172 valence electrons. The summed E-state index contributed by atoms with van der Waals surface area (Å²) in [7, 11) is 2.89. The summed E-state index contributed by atoms with van der Waals surface area (Å²) in [5.74, 6) is 0.536. The maximum absolute atomic E-state index is 12.7. The molecule has 10 heteroatoms. The number of carbonyl (C=O) groups excluding carboxylic acids is 2. The number of carbonyl (C=O) groups is 2. The molecule has 0 aliphatic heterocycles. The van der Waals surface area contributed by atoms with E-state index in [1.807, 2.05) is 13.8 Å². The minimum Gasteiger partial charge on any atom is -0.494 e. The smallest absolute Gasteiger partial charge is 0.258 e. The summed E-state index contributed by atoms with van der Waals surface area (Å²) in [5, 5.41) is 10.9. The molecule has 0 aromatic heterocycles. The minimum atomic E-state index is -1.37. The molecule has 1 N–H and O–H groups in total. The van der Waals surface area contributed by atoms with Gasteiger partial charge in [-0.15, -0.1) is 0 Å². The highest BCUT2D eigenvalue weighted by atomic mass is 35.5. The summed E-state index contributed by atoms with van der Waals surface area (Å²) in [6, 6.07) is 6.65. The fourth-order valence-electron chi connectivity index (χ4n) is 2.74. The van der Waals surface area contributed by atoms with Crippen LogP contribution in [0.1, 0.15) is 20.8 Å². The van der Waals surface area contributed by atoms with Crippen LogP contribution in [-0.4, -0.2) is 45.2 Å². The van der Waals surface area contributed by atoms with Gasteiger partial charge < -0.3 is 24.3 Å². The van der Waals surface area contributed by atoms with Crippen molar-refractivity contribution in [1.29, 1.82) is 0 Å². The average molecular weight is 464 g/mol. The monoisotopic (exact) mass is 463 g/mol. The maximum atomic E-state index is 12.7. The van der Waals surface area contributed by atoms with Crippen molar-refractivity contribution in [3.8, 4) is 23.0 Å². The van der Waals surface area contributed by atoms with Gasteiger partial charge in [0.2, 0.25) is 6.04 Å². The average Bonchev–Trinajstić information content (AvgIpc) is 2.75. The number of anilines is 1. The molecule has 0 bridgehead atoms. The Balaban J connectivity index is 2.27. The van der Waals surface area contributed by atoms with Crippen LogP contribution in [-0.2, 0) is 9.59 Å². The lowest BCUT2D eigenvalue weighted by Gasteiger charge is -2.14. The predicted molar refractivity (Wildman–Crippen MR) is 121 cm³/mol. The van der Waals surface area contributed by atoms with Gasteiger partial charge in [-0.2, -0.15) is 10.2 Å². The summed E-state index contributed by atoms with van der Waals surface area (Å²) in [5.41, 5.74) is 0.679. The van der Waals surface area contributed by atoms with Gasteiger partial charge >= 0.3 is 0 Å². The van der Waals surface area contributed by atoms with Crippen molar-refractivity contribution < 1.29 is 28.5 Å². The van der Waals surface area contributed by atoms with E-state index in [-0.39, 0.29) is 5.02 Å². The fraction of sp³-hybridized carbons (Fsp3) is 0.364. The first-order valence-electron chi connectivity index (χ1n) is 9.87. The molecule has 0 fully saturated rings. The van der Waals surface area contributed by atoms with Gasteiger partial charge in [0.05, 0.1) is 32.5 Å². The zero-order valence-electron chi connectivity index (χ0n) is 18.6. The number of ether oxygens (including phenoxy) is 4. The van der Waals surface area contributed by atoms with E-state index in [9.17, 15) is 9.59 Å². The Labute approximate surface area is 191 Å². The molecule has 0 heterocycles. The van der Waals surface area contributed by atoms with Gasteiger partial charge in [-0.3, -0.25) is 9.59 Å². The molecule has 1 amide bonds. The second kappa shape index (κ2) is 11.9. The highest BCUT2D eigenvalue weighted by Gasteiger charge is 2.24. The molecule has 0 aliphatic carbocycles. The van der Waals surface area contributed by atoms with Crippen molar-refractivity contribution in [3.05, 3.63) is 35.4 Å². The molecule has 0 aliphatic rings. The second-order valence-electron chi connectivity index (χ2n) is 6.41. The number of hydrogen-bond acceptors (Lipinski definition) is 8. The molecule has 0 saturated heterocycles. The Morgan fingerprint density at radius 2 is 1.75 bits per heavy atom. The van der Waals surface area contributed by atoms with E-state index in [1.54, 1.807) is 18.2 Å². The van der Waals surface area contributed by atoms with Crippen LogP contribution < -0.4 is 24.3 Å². The minimum absolute atomic E-state index is 0.235. The number of nitrogens with one attached hydrogen (secondary N) is 1. The van der Waals surface area contributed by atoms with Gasteiger partial charge in [-0.25, -0.2) is 0 Å². The number of benzene rings is 2. The fourth-order valence-corrected chi connectivity index (χ4v) is 3.03. The lowest BCUT2D eigenvalue weighted by molar-refractivity contribution is -0.126. The third-order valence-corrected chi connectivity index (χ3v) is 4.44. The SMILES string of the molecule is CCOc1ccc(N=NC(C(C)=O)C(=O)Nc2cc(Cl)c(OC)c(OC)c2)c(OCC)c1. The standard InChI is InChI=1S/C22H26ClN3O6/c1-6-31-15-8-9-17(18(12-15)32-7-2)25-26-20(13(3)27)22(28)24-14-10-16(23)21(30-5)19(11-14)29-4/h8-12,20H,6-7H2,1-5H3,(H,24,28). The number of halogens is 1. The van der Waals surface area contributed by atoms with Gasteiger partial charge in [0.1, 0.15) is 17.2 Å².